The van der Waals surface area contributed by atoms with Gasteiger partial charge in [0.1, 0.15) is 42.3 Å². The van der Waals surface area contributed by atoms with Crippen molar-refractivity contribution in [1.82, 2.24) is 41.8 Å². The van der Waals surface area contributed by atoms with Crippen molar-refractivity contribution in [2.24, 2.45) is 0 Å². The van der Waals surface area contributed by atoms with Crippen molar-refractivity contribution in [2.45, 2.75) is 112 Å². The first-order valence-electron chi connectivity index (χ1n) is 17.9. The van der Waals surface area contributed by atoms with Gasteiger partial charge in [-0.3, -0.25) is 33.6 Å². The molecule has 1 aromatic carbocycles. The molecule has 11 N–H and O–H groups in total. The number of aromatic nitrogens is 1. The minimum Gasteiger partial charge on any atom is -0.393 e. The number of carbonyl (C=O) groups excluding carboxylic acids is 7. The van der Waals surface area contributed by atoms with Crippen molar-refractivity contribution >= 4 is 64.0 Å². The van der Waals surface area contributed by atoms with Gasteiger partial charge in [0, 0.05) is 42.5 Å². The van der Waals surface area contributed by atoms with Crippen LogP contribution in [0.1, 0.15) is 46.1 Å². The van der Waals surface area contributed by atoms with E-state index < -0.39 is 114 Å². The smallest absolute Gasteiger partial charge is 0.246 e. The highest BCUT2D eigenvalue weighted by Gasteiger charge is 2.44. The Kier molecular flexibility index (Phi) is 12.8. The van der Waals surface area contributed by atoms with Gasteiger partial charge in [0.05, 0.1) is 29.4 Å². The first kappa shape index (κ1) is 41.4. The van der Waals surface area contributed by atoms with E-state index >= 15 is 0 Å². The SMILES string of the molecule is CC(O)C1NC(=O)[C@H](C)NC(=O)C(CC(C)(O)CO)NC(=O)[C@H]2Cc3c([nH]c4ccccc34)SC[C@@H](NC1=O)C(=O)N1C[C@@H](O)C[C@H]1C(=O)N[C@H](C)C(=O)N2. The number of hydrogen-bond acceptors (Lipinski definition) is 12. The number of nitrogens with one attached hydrogen (secondary N) is 7. The molecule has 20 heteroatoms. The fourth-order valence-electron chi connectivity index (χ4n) is 6.74. The Morgan fingerprint density at radius 1 is 0.855 bits per heavy atom. The van der Waals surface area contributed by atoms with Crippen LogP contribution in [0.2, 0.25) is 0 Å². The van der Waals surface area contributed by atoms with Gasteiger partial charge >= 0.3 is 0 Å². The van der Waals surface area contributed by atoms with Gasteiger partial charge in [-0.05, 0) is 39.3 Å². The lowest BCUT2D eigenvalue weighted by Gasteiger charge is -2.31. The van der Waals surface area contributed by atoms with E-state index in [1.54, 1.807) is 24.3 Å². The molecule has 4 heterocycles. The van der Waals surface area contributed by atoms with E-state index in [9.17, 15) is 54.0 Å². The summed E-state index contributed by atoms with van der Waals surface area (Å²) in [6, 6.07) is -2.86. The summed E-state index contributed by atoms with van der Waals surface area (Å²) in [5, 5.41) is 58.1. The van der Waals surface area contributed by atoms with Crippen molar-refractivity contribution < 1.29 is 54.0 Å². The van der Waals surface area contributed by atoms with Gasteiger partial charge in [0.2, 0.25) is 41.4 Å². The summed E-state index contributed by atoms with van der Waals surface area (Å²) in [5.74, 6) is -6.26. The predicted octanol–water partition coefficient (Wildman–Crippen LogP) is -3.75. The van der Waals surface area contributed by atoms with Crippen LogP contribution in [0.15, 0.2) is 29.3 Å². The molecule has 7 amide bonds. The fraction of sp³-hybridized carbons (Fsp3) is 0.571. The van der Waals surface area contributed by atoms with Crippen LogP contribution in [0, 0.1) is 0 Å². The summed E-state index contributed by atoms with van der Waals surface area (Å²) in [5.41, 5.74) is -0.741. The number of fused-ring (bicyclic) bond motifs is 5. The van der Waals surface area contributed by atoms with Crippen LogP contribution >= 0.6 is 11.8 Å². The summed E-state index contributed by atoms with van der Waals surface area (Å²) in [4.78, 5) is 101. The Hall–Kier alpha value is -4.76. The largest absolute Gasteiger partial charge is 0.393 e. The van der Waals surface area contributed by atoms with Gasteiger partial charge in [-0.1, -0.05) is 18.2 Å². The third-order valence-corrected chi connectivity index (χ3v) is 11.0. The predicted molar refractivity (Wildman–Crippen MR) is 196 cm³/mol. The molecule has 2 aromatic rings. The zero-order chi connectivity index (χ0) is 40.4. The van der Waals surface area contributed by atoms with Crippen LogP contribution < -0.4 is 31.9 Å². The number of hydrogen-bond donors (Lipinski definition) is 11. The zero-order valence-electron chi connectivity index (χ0n) is 30.8. The maximum Gasteiger partial charge on any atom is 0.246 e. The molecular weight excluding hydrogens is 740 g/mol. The second-order valence-electron chi connectivity index (χ2n) is 14.6. The van der Waals surface area contributed by atoms with Crippen LogP contribution in [-0.4, -0.2) is 151 Å². The van der Waals surface area contributed by atoms with Crippen LogP contribution in [-0.2, 0) is 40.0 Å². The number of para-hydroxylation sites is 1. The Labute approximate surface area is 320 Å². The Balaban J connectivity index is 1.69. The Morgan fingerprint density at radius 2 is 1.49 bits per heavy atom. The van der Waals surface area contributed by atoms with Crippen molar-refractivity contribution in [3.63, 3.8) is 0 Å². The van der Waals surface area contributed by atoms with E-state index in [1.807, 2.05) is 0 Å². The quantitative estimate of drug-likeness (QED) is 0.143. The normalized spacial score (nSPS) is 30.8. The highest BCUT2D eigenvalue weighted by molar-refractivity contribution is 7.99. The number of aromatic amines is 1. The third-order valence-electron chi connectivity index (χ3n) is 9.87. The molecule has 1 aromatic heterocycles. The van der Waals surface area contributed by atoms with Crippen LogP contribution in [0.3, 0.4) is 0 Å². The van der Waals surface area contributed by atoms with Gasteiger partial charge in [-0.2, -0.15) is 0 Å². The minimum absolute atomic E-state index is 0.170. The molecule has 5 rings (SSSR count). The maximum atomic E-state index is 14.3. The molecule has 55 heavy (non-hydrogen) atoms. The van der Waals surface area contributed by atoms with E-state index in [4.69, 9.17) is 0 Å². The molecular formula is C35H48N8O11S. The number of H-pyrrole nitrogens is 1. The Bertz CT molecular complexity index is 1840. The second-order valence-corrected chi connectivity index (χ2v) is 15.6. The van der Waals surface area contributed by atoms with Gasteiger partial charge in [-0.15, -0.1) is 11.8 Å². The molecule has 0 spiro atoms. The Morgan fingerprint density at radius 3 is 2.16 bits per heavy atom. The zero-order valence-corrected chi connectivity index (χ0v) is 31.6. The second kappa shape index (κ2) is 16.9. The first-order valence-corrected chi connectivity index (χ1v) is 18.9. The van der Waals surface area contributed by atoms with Crippen molar-refractivity contribution in [2.75, 3.05) is 18.9 Å². The highest BCUT2D eigenvalue weighted by atomic mass is 32.2. The summed E-state index contributed by atoms with van der Waals surface area (Å²) < 4.78 is 0. The summed E-state index contributed by atoms with van der Waals surface area (Å²) >= 11 is 1.08. The van der Waals surface area contributed by atoms with Crippen LogP contribution in [0.5, 0.6) is 0 Å². The molecule has 1 saturated heterocycles. The molecule has 300 valence electrons. The molecule has 10 atom stereocenters. The monoisotopic (exact) mass is 788 g/mol. The maximum absolute atomic E-state index is 14.3. The van der Waals surface area contributed by atoms with Gasteiger partial charge < -0.3 is 62.2 Å². The van der Waals surface area contributed by atoms with Crippen LogP contribution in [0.25, 0.3) is 10.9 Å². The lowest BCUT2D eigenvalue weighted by atomic mass is 9.96. The molecule has 0 aliphatic carbocycles. The molecule has 19 nitrogen and oxygen atoms in total. The minimum atomic E-state index is -1.90. The van der Waals surface area contributed by atoms with Gasteiger partial charge in [-0.25, -0.2) is 0 Å². The number of rotatable bonds is 4. The van der Waals surface area contributed by atoms with Gasteiger partial charge in [0.25, 0.3) is 0 Å². The summed E-state index contributed by atoms with van der Waals surface area (Å²) in [6.45, 7) is 4.02. The number of amides is 7. The average molecular weight is 789 g/mol. The molecule has 2 bridgehead atoms. The molecule has 4 unspecified atom stereocenters. The van der Waals surface area contributed by atoms with Crippen molar-refractivity contribution in [3.8, 4) is 0 Å². The molecule has 0 radical (unpaired) electrons. The molecule has 3 aliphatic rings. The van der Waals surface area contributed by atoms with Crippen LogP contribution in [0.4, 0.5) is 0 Å². The summed E-state index contributed by atoms with van der Waals surface area (Å²) in [6.07, 6.45) is -3.53. The van der Waals surface area contributed by atoms with E-state index in [0.717, 1.165) is 16.7 Å². The summed E-state index contributed by atoms with van der Waals surface area (Å²) in [7, 11) is 0. The average Bonchev–Trinajstić information content (AvgIpc) is 3.69. The standard InChI is InChI=1S/C35H48N8O11S/c1-15-27(47)38-22-10-20-19-7-5-6-8-21(19)41-33(20)55-13-24(34(53)43-12-18(46)9-25(43)31(51)37-15)40-32(52)26(17(3)45)42-28(48)16(2)36-30(50)23(39-29(22)49)11-35(4,54)14-44/h5-8,15-18,22-26,41,44-46,54H,9-14H2,1-4H3,(H,36,50)(H,37,51)(H,38,47)(H,39,49)(H,40,52)(H,42,48)/t15-,16+,17?,18+,22-,23?,24-,25+,26?,35?/m1/s1. The number of carbonyl (C=O) groups is 7. The van der Waals surface area contributed by atoms with E-state index in [-0.39, 0.29) is 25.1 Å². The van der Waals surface area contributed by atoms with E-state index in [0.29, 0.717) is 21.5 Å². The third kappa shape index (κ3) is 9.55. The van der Waals surface area contributed by atoms with E-state index in [1.165, 1.54) is 27.7 Å². The molecule has 0 saturated carbocycles. The lowest BCUT2D eigenvalue weighted by molar-refractivity contribution is -0.142. The number of benzene rings is 1. The van der Waals surface area contributed by atoms with Crippen molar-refractivity contribution in [1.29, 1.82) is 0 Å². The van der Waals surface area contributed by atoms with E-state index in [2.05, 4.69) is 36.9 Å². The number of thioether (sulfide) groups is 1. The lowest BCUT2D eigenvalue weighted by Crippen LogP contribution is -2.61. The first-order chi connectivity index (χ1) is 25.9. The highest BCUT2D eigenvalue weighted by Crippen LogP contribution is 2.32. The fourth-order valence-corrected chi connectivity index (χ4v) is 7.85. The number of nitrogens with zero attached hydrogens (tertiary/aromatic N) is 1. The number of aliphatic hydroxyl groups is 4. The topological polar surface area (TPSA) is 292 Å². The molecule has 3 aliphatic heterocycles. The number of aliphatic hydroxyl groups excluding tert-OH is 3. The van der Waals surface area contributed by atoms with Crippen molar-refractivity contribution in [3.05, 3.63) is 29.8 Å². The molecule has 1 fully saturated rings. The van der Waals surface area contributed by atoms with Gasteiger partial charge in [0.15, 0.2) is 0 Å².